The Morgan fingerprint density at radius 1 is 0.750 bits per heavy atom. The van der Waals surface area contributed by atoms with Gasteiger partial charge in [-0.1, -0.05) is 27.7 Å². The molecule has 0 amide bonds. The van der Waals surface area contributed by atoms with Crippen LogP contribution < -0.4 is 0 Å². The monoisotopic (exact) mass is 322 g/mol. The Morgan fingerprint density at radius 3 is 1.40 bits per heavy atom. The Balaban J connectivity index is 1.87. The van der Waals surface area contributed by atoms with Crippen LogP contribution in [0.4, 0.5) is 0 Å². The smallest absolute Gasteiger partial charge is 0.115 e. The standard InChI is InChI=1S/C14H28O4P2/c1-5-19(6-2)17-11-9-15-14-12(10-16-13(11)14)18-20(7-3)8-4/h11-14H,5-10H2,1-4H3. The minimum atomic E-state index is -0.325. The zero-order chi connectivity index (χ0) is 14.5. The number of hydrogen-bond donors (Lipinski definition) is 0. The first-order chi connectivity index (χ1) is 9.73. The van der Waals surface area contributed by atoms with E-state index in [0.717, 1.165) is 24.6 Å². The second kappa shape index (κ2) is 8.36. The van der Waals surface area contributed by atoms with Gasteiger partial charge in [0.25, 0.3) is 0 Å². The number of ether oxygens (including phenoxy) is 2. The minimum absolute atomic E-state index is 0.0775. The number of fused-ring (bicyclic) bond motifs is 1. The van der Waals surface area contributed by atoms with Crippen molar-refractivity contribution in [1.29, 1.82) is 0 Å². The topological polar surface area (TPSA) is 36.9 Å². The molecule has 0 bridgehead atoms. The van der Waals surface area contributed by atoms with Crippen LogP contribution in [-0.2, 0) is 18.5 Å². The molecule has 2 rings (SSSR count). The summed E-state index contributed by atoms with van der Waals surface area (Å²) in [6.07, 6.45) is 4.80. The molecular weight excluding hydrogens is 294 g/mol. The van der Waals surface area contributed by atoms with E-state index in [2.05, 4.69) is 27.7 Å². The van der Waals surface area contributed by atoms with Crippen molar-refractivity contribution in [3.8, 4) is 0 Å². The maximum atomic E-state index is 6.19. The van der Waals surface area contributed by atoms with Crippen LogP contribution in [0.1, 0.15) is 27.7 Å². The van der Waals surface area contributed by atoms with Crippen molar-refractivity contribution in [1.82, 2.24) is 0 Å². The van der Waals surface area contributed by atoms with E-state index >= 15 is 0 Å². The molecule has 0 aromatic heterocycles. The third-order valence-electron chi connectivity index (χ3n) is 3.94. The van der Waals surface area contributed by atoms with Crippen molar-refractivity contribution >= 4 is 16.3 Å². The van der Waals surface area contributed by atoms with Crippen LogP contribution in [0.25, 0.3) is 0 Å². The average Bonchev–Trinajstić information content (AvgIpc) is 3.05. The van der Waals surface area contributed by atoms with Gasteiger partial charge >= 0.3 is 0 Å². The second-order valence-electron chi connectivity index (χ2n) is 5.11. The molecule has 0 saturated carbocycles. The van der Waals surface area contributed by atoms with E-state index in [9.17, 15) is 0 Å². The zero-order valence-electron chi connectivity index (χ0n) is 13.1. The first kappa shape index (κ1) is 17.1. The Kier molecular flexibility index (Phi) is 7.13. The fourth-order valence-corrected chi connectivity index (χ4v) is 5.36. The lowest BCUT2D eigenvalue weighted by atomic mass is 10.1. The quantitative estimate of drug-likeness (QED) is 0.642. The predicted octanol–water partition coefficient (Wildman–Crippen LogP) is 3.43. The molecule has 0 radical (unpaired) electrons. The van der Waals surface area contributed by atoms with Crippen LogP contribution in [-0.4, -0.2) is 62.3 Å². The lowest BCUT2D eigenvalue weighted by molar-refractivity contribution is 0.0249. The SMILES string of the molecule is CCP(CC)OC1COC2C(OP(CC)CC)COC12. The lowest BCUT2D eigenvalue weighted by Gasteiger charge is -2.23. The fraction of sp³-hybridized carbons (Fsp3) is 1.00. The molecule has 2 heterocycles. The summed E-state index contributed by atoms with van der Waals surface area (Å²) in [5, 5.41) is 0. The summed E-state index contributed by atoms with van der Waals surface area (Å²) < 4.78 is 24.2. The number of hydrogen-bond acceptors (Lipinski definition) is 4. The molecule has 0 aromatic rings. The van der Waals surface area contributed by atoms with E-state index in [-0.39, 0.29) is 40.7 Å². The summed E-state index contributed by atoms with van der Waals surface area (Å²) in [6, 6.07) is 0. The van der Waals surface area contributed by atoms with Crippen molar-refractivity contribution in [2.45, 2.75) is 52.1 Å². The summed E-state index contributed by atoms with van der Waals surface area (Å²) in [4.78, 5) is 0. The van der Waals surface area contributed by atoms with Crippen LogP contribution in [0.2, 0.25) is 0 Å². The van der Waals surface area contributed by atoms with E-state index in [4.69, 9.17) is 18.5 Å². The summed E-state index contributed by atoms with van der Waals surface area (Å²) in [5.74, 6) is 0. The zero-order valence-corrected chi connectivity index (χ0v) is 14.9. The van der Waals surface area contributed by atoms with Gasteiger partial charge in [-0.15, -0.1) is 0 Å². The van der Waals surface area contributed by atoms with Gasteiger partial charge in [-0.05, 0) is 24.6 Å². The number of rotatable bonds is 8. The third kappa shape index (κ3) is 3.91. The van der Waals surface area contributed by atoms with Gasteiger partial charge in [0.15, 0.2) is 0 Å². The molecule has 20 heavy (non-hydrogen) atoms. The fourth-order valence-electron chi connectivity index (χ4n) is 2.74. The Bertz CT molecular complexity index is 256. The maximum Gasteiger partial charge on any atom is 0.115 e. The van der Waals surface area contributed by atoms with Crippen molar-refractivity contribution in [3.63, 3.8) is 0 Å². The lowest BCUT2D eigenvalue weighted by Crippen LogP contribution is -2.33. The Morgan fingerprint density at radius 2 is 1.10 bits per heavy atom. The van der Waals surface area contributed by atoms with Gasteiger partial charge in [0, 0.05) is 16.3 Å². The molecule has 118 valence electrons. The summed E-state index contributed by atoms with van der Waals surface area (Å²) in [6.45, 7) is 10.1. The molecular formula is C14H28O4P2. The highest BCUT2D eigenvalue weighted by molar-refractivity contribution is 7.52. The first-order valence-corrected chi connectivity index (χ1v) is 11.1. The molecule has 2 saturated heterocycles. The molecule has 0 aromatic carbocycles. The van der Waals surface area contributed by atoms with Gasteiger partial charge in [0.05, 0.1) is 13.2 Å². The Labute approximate surface area is 125 Å². The van der Waals surface area contributed by atoms with Crippen molar-refractivity contribution < 1.29 is 18.5 Å². The largest absolute Gasteiger partial charge is 0.370 e. The molecule has 6 heteroatoms. The predicted molar refractivity (Wildman–Crippen MR) is 85.2 cm³/mol. The van der Waals surface area contributed by atoms with Gasteiger partial charge in [0.1, 0.15) is 24.4 Å². The molecule has 4 nitrogen and oxygen atoms in total. The van der Waals surface area contributed by atoms with E-state index in [0.29, 0.717) is 13.2 Å². The first-order valence-electron chi connectivity index (χ1n) is 7.80. The molecule has 0 aliphatic carbocycles. The van der Waals surface area contributed by atoms with Gasteiger partial charge in [-0.25, -0.2) is 0 Å². The highest BCUT2D eigenvalue weighted by atomic mass is 31.1. The van der Waals surface area contributed by atoms with Crippen LogP contribution in [0.15, 0.2) is 0 Å². The molecule has 2 aliphatic rings. The Hall–Kier alpha value is 0.700. The van der Waals surface area contributed by atoms with Crippen LogP contribution in [0.5, 0.6) is 0 Å². The molecule has 4 atom stereocenters. The summed E-state index contributed by atoms with van der Waals surface area (Å²) >= 11 is 0. The normalized spacial score (nSPS) is 33.3. The van der Waals surface area contributed by atoms with E-state index in [1.165, 1.54) is 0 Å². The van der Waals surface area contributed by atoms with Crippen molar-refractivity contribution in [2.75, 3.05) is 37.9 Å². The van der Waals surface area contributed by atoms with Gasteiger partial charge in [-0.2, -0.15) is 0 Å². The molecule has 0 N–H and O–H groups in total. The second-order valence-corrected chi connectivity index (χ2v) is 9.99. The highest BCUT2D eigenvalue weighted by Crippen LogP contribution is 2.45. The van der Waals surface area contributed by atoms with Crippen LogP contribution >= 0.6 is 16.3 Å². The van der Waals surface area contributed by atoms with E-state index < -0.39 is 0 Å². The van der Waals surface area contributed by atoms with E-state index in [1.54, 1.807) is 0 Å². The van der Waals surface area contributed by atoms with Crippen molar-refractivity contribution in [3.05, 3.63) is 0 Å². The van der Waals surface area contributed by atoms with Gasteiger partial charge in [-0.3, -0.25) is 0 Å². The summed E-state index contributed by atoms with van der Waals surface area (Å²) in [5.41, 5.74) is 0. The third-order valence-corrected chi connectivity index (χ3v) is 7.90. The molecule has 4 unspecified atom stereocenters. The molecule has 2 fully saturated rings. The minimum Gasteiger partial charge on any atom is -0.370 e. The van der Waals surface area contributed by atoms with Crippen LogP contribution in [0.3, 0.4) is 0 Å². The van der Waals surface area contributed by atoms with Gasteiger partial charge in [0.2, 0.25) is 0 Å². The van der Waals surface area contributed by atoms with Gasteiger partial charge < -0.3 is 18.5 Å². The van der Waals surface area contributed by atoms with Crippen LogP contribution in [0, 0.1) is 0 Å². The molecule has 2 aliphatic heterocycles. The van der Waals surface area contributed by atoms with Crippen molar-refractivity contribution in [2.24, 2.45) is 0 Å². The highest BCUT2D eigenvalue weighted by Gasteiger charge is 2.49. The average molecular weight is 322 g/mol. The maximum absolute atomic E-state index is 6.19. The molecule has 0 spiro atoms. The summed E-state index contributed by atoms with van der Waals surface area (Å²) in [7, 11) is -0.650. The van der Waals surface area contributed by atoms with E-state index in [1.807, 2.05) is 0 Å².